The Morgan fingerprint density at radius 3 is 2.85 bits per heavy atom. The van der Waals surface area contributed by atoms with Crippen LogP contribution in [0.4, 0.5) is 0 Å². The van der Waals surface area contributed by atoms with Crippen molar-refractivity contribution in [2.75, 3.05) is 6.61 Å². The van der Waals surface area contributed by atoms with E-state index in [0.29, 0.717) is 6.42 Å². The lowest BCUT2D eigenvalue weighted by Crippen LogP contribution is -2.15. The number of aromatic nitrogens is 2. The van der Waals surface area contributed by atoms with Crippen molar-refractivity contribution in [1.29, 1.82) is 0 Å². The van der Waals surface area contributed by atoms with Crippen LogP contribution in [0.25, 0.3) is 0 Å². The van der Waals surface area contributed by atoms with Gasteiger partial charge in [0.05, 0.1) is 6.04 Å². The number of nitrogens with zero attached hydrogens (tertiary/aromatic N) is 2. The van der Waals surface area contributed by atoms with Gasteiger partial charge >= 0.3 is 0 Å². The lowest BCUT2D eigenvalue weighted by molar-refractivity contribution is 0.0987. The number of hydrogen-bond donors (Lipinski definition) is 3. The second kappa shape index (κ2) is 3.97. The summed E-state index contributed by atoms with van der Waals surface area (Å²) in [6.07, 6.45) is 0.292. The van der Waals surface area contributed by atoms with E-state index in [0.717, 1.165) is 0 Å². The highest BCUT2D eigenvalue weighted by Gasteiger charge is 2.16. The predicted molar refractivity (Wildman–Crippen MR) is 41.4 cm³/mol. The zero-order chi connectivity index (χ0) is 9.84. The van der Waals surface area contributed by atoms with Gasteiger partial charge in [0.1, 0.15) is 0 Å². The van der Waals surface area contributed by atoms with E-state index in [9.17, 15) is 4.79 Å². The third kappa shape index (κ3) is 2.23. The molecule has 0 aliphatic heterocycles. The van der Waals surface area contributed by atoms with Crippen molar-refractivity contribution in [2.24, 2.45) is 11.5 Å². The zero-order valence-electron chi connectivity index (χ0n) is 6.80. The van der Waals surface area contributed by atoms with Crippen molar-refractivity contribution in [1.82, 2.24) is 10.1 Å². The zero-order valence-corrected chi connectivity index (χ0v) is 6.80. The summed E-state index contributed by atoms with van der Waals surface area (Å²) < 4.78 is 4.64. The first-order valence-electron chi connectivity index (χ1n) is 3.65. The molecule has 0 aromatic carbocycles. The number of aliphatic hydroxyl groups excluding tert-OH is 1. The van der Waals surface area contributed by atoms with Gasteiger partial charge in [-0.1, -0.05) is 5.16 Å². The Morgan fingerprint density at radius 2 is 2.38 bits per heavy atom. The summed E-state index contributed by atoms with van der Waals surface area (Å²) in [7, 11) is 0. The molecular formula is C6H10N4O3. The molecule has 0 fully saturated rings. The number of aliphatic hydroxyl groups is 1. The topological polar surface area (TPSA) is 128 Å². The second-order valence-electron chi connectivity index (χ2n) is 2.44. The van der Waals surface area contributed by atoms with Crippen LogP contribution in [-0.4, -0.2) is 27.8 Å². The molecule has 1 unspecified atom stereocenters. The third-order valence-corrected chi connectivity index (χ3v) is 1.42. The molecular weight excluding hydrogens is 176 g/mol. The standard InChI is InChI=1S/C6H10N4O3/c7-3(1-2-11)6-9-5(4(8)12)10-13-6/h3,11H,1-2,7H2,(H2,8,12). The Kier molecular flexibility index (Phi) is 2.93. The summed E-state index contributed by atoms with van der Waals surface area (Å²) >= 11 is 0. The molecule has 0 spiro atoms. The summed E-state index contributed by atoms with van der Waals surface area (Å²) in [4.78, 5) is 14.2. The van der Waals surface area contributed by atoms with E-state index in [4.69, 9.17) is 16.6 Å². The van der Waals surface area contributed by atoms with Crippen LogP contribution in [0.2, 0.25) is 0 Å². The Morgan fingerprint density at radius 1 is 1.69 bits per heavy atom. The second-order valence-corrected chi connectivity index (χ2v) is 2.44. The molecule has 7 heteroatoms. The van der Waals surface area contributed by atoms with Gasteiger partial charge in [-0.25, -0.2) is 0 Å². The van der Waals surface area contributed by atoms with Crippen LogP contribution in [0.3, 0.4) is 0 Å². The van der Waals surface area contributed by atoms with Gasteiger partial charge in [-0.15, -0.1) is 0 Å². The number of carbonyl (C=O) groups excluding carboxylic acids is 1. The maximum atomic E-state index is 10.5. The van der Waals surface area contributed by atoms with E-state index in [1.165, 1.54) is 0 Å². The van der Waals surface area contributed by atoms with Gasteiger partial charge in [-0.2, -0.15) is 4.98 Å². The van der Waals surface area contributed by atoms with E-state index >= 15 is 0 Å². The van der Waals surface area contributed by atoms with Gasteiger partial charge in [0, 0.05) is 6.61 Å². The van der Waals surface area contributed by atoms with Crippen LogP contribution in [0.1, 0.15) is 29.0 Å². The minimum Gasteiger partial charge on any atom is -0.396 e. The first kappa shape index (κ1) is 9.62. The molecule has 0 bridgehead atoms. The fourth-order valence-electron chi connectivity index (χ4n) is 0.748. The van der Waals surface area contributed by atoms with Gasteiger partial charge in [-0.3, -0.25) is 4.79 Å². The molecule has 0 aliphatic rings. The van der Waals surface area contributed by atoms with E-state index in [1.54, 1.807) is 0 Å². The summed E-state index contributed by atoms with van der Waals surface area (Å²) in [5.74, 6) is -0.877. The normalized spacial score (nSPS) is 12.8. The molecule has 1 atom stereocenters. The molecule has 13 heavy (non-hydrogen) atoms. The molecule has 0 aliphatic carbocycles. The van der Waals surface area contributed by atoms with Crippen molar-refractivity contribution in [3.05, 3.63) is 11.7 Å². The number of rotatable bonds is 4. The lowest BCUT2D eigenvalue weighted by atomic mass is 10.2. The van der Waals surface area contributed by atoms with Crippen LogP contribution in [0.15, 0.2) is 4.52 Å². The number of amides is 1. The van der Waals surface area contributed by atoms with Crippen molar-refractivity contribution in [2.45, 2.75) is 12.5 Å². The molecule has 1 rings (SSSR count). The quantitative estimate of drug-likeness (QED) is 0.527. The SMILES string of the molecule is NC(=O)c1noc(C(N)CCO)n1. The van der Waals surface area contributed by atoms with Crippen LogP contribution in [-0.2, 0) is 0 Å². The minimum atomic E-state index is -0.772. The van der Waals surface area contributed by atoms with Crippen molar-refractivity contribution >= 4 is 5.91 Å². The Labute approximate surface area is 73.7 Å². The monoisotopic (exact) mass is 186 g/mol. The Bertz CT molecular complexity index is 298. The molecule has 72 valence electrons. The van der Waals surface area contributed by atoms with Crippen LogP contribution in [0, 0.1) is 0 Å². The van der Waals surface area contributed by atoms with E-state index in [1.807, 2.05) is 0 Å². The molecule has 1 aromatic heterocycles. The van der Waals surface area contributed by atoms with Crippen LogP contribution in [0.5, 0.6) is 0 Å². The smallest absolute Gasteiger partial charge is 0.290 e. The molecule has 1 amide bonds. The fraction of sp³-hybridized carbons (Fsp3) is 0.500. The summed E-state index contributed by atoms with van der Waals surface area (Å²) in [6, 6.07) is -0.564. The van der Waals surface area contributed by atoms with Crippen molar-refractivity contribution < 1.29 is 14.4 Å². The highest BCUT2D eigenvalue weighted by molar-refractivity contribution is 5.88. The predicted octanol–water partition coefficient (Wildman–Crippen LogP) is -1.45. The van der Waals surface area contributed by atoms with Crippen LogP contribution < -0.4 is 11.5 Å². The van der Waals surface area contributed by atoms with E-state index < -0.39 is 11.9 Å². The van der Waals surface area contributed by atoms with E-state index in [2.05, 4.69) is 14.7 Å². The molecule has 0 saturated heterocycles. The van der Waals surface area contributed by atoms with Gasteiger partial charge in [0.2, 0.25) is 5.89 Å². The number of hydrogen-bond acceptors (Lipinski definition) is 6. The minimum absolute atomic E-state index is 0.0878. The summed E-state index contributed by atoms with van der Waals surface area (Å²) in [6.45, 7) is -0.0878. The summed E-state index contributed by atoms with van der Waals surface area (Å²) in [5.41, 5.74) is 10.4. The Balaban J connectivity index is 2.73. The van der Waals surface area contributed by atoms with Gasteiger partial charge in [0.25, 0.3) is 11.7 Å². The molecule has 1 heterocycles. The Hall–Kier alpha value is -1.47. The van der Waals surface area contributed by atoms with E-state index in [-0.39, 0.29) is 18.3 Å². The lowest BCUT2D eigenvalue weighted by Gasteiger charge is -2.01. The number of nitrogens with two attached hydrogens (primary N) is 2. The summed E-state index contributed by atoms with van der Waals surface area (Å²) in [5, 5.41) is 11.8. The molecule has 0 radical (unpaired) electrons. The number of primary amides is 1. The molecule has 5 N–H and O–H groups in total. The largest absolute Gasteiger partial charge is 0.396 e. The van der Waals surface area contributed by atoms with Crippen molar-refractivity contribution in [3.8, 4) is 0 Å². The first-order valence-corrected chi connectivity index (χ1v) is 3.65. The van der Waals surface area contributed by atoms with Crippen LogP contribution >= 0.6 is 0 Å². The first-order chi connectivity index (χ1) is 6.15. The van der Waals surface area contributed by atoms with Crippen molar-refractivity contribution in [3.63, 3.8) is 0 Å². The fourth-order valence-corrected chi connectivity index (χ4v) is 0.748. The van der Waals surface area contributed by atoms with Gasteiger partial charge < -0.3 is 21.1 Å². The van der Waals surface area contributed by atoms with Gasteiger partial charge in [0.15, 0.2) is 0 Å². The average Bonchev–Trinajstić information content (AvgIpc) is 2.52. The third-order valence-electron chi connectivity index (χ3n) is 1.42. The molecule has 1 aromatic rings. The highest BCUT2D eigenvalue weighted by atomic mass is 16.5. The maximum absolute atomic E-state index is 10.5. The van der Waals surface area contributed by atoms with Gasteiger partial charge in [-0.05, 0) is 6.42 Å². The molecule has 0 saturated carbocycles. The average molecular weight is 186 g/mol. The number of carbonyl (C=O) groups is 1. The highest BCUT2D eigenvalue weighted by Crippen LogP contribution is 2.10. The maximum Gasteiger partial charge on any atom is 0.290 e. The molecule has 7 nitrogen and oxygen atoms in total.